The van der Waals surface area contributed by atoms with Crippen molar-refractivity contribution in [3.8, 4) is 0 Å². The second-order valence-electron chi connectivity index (χ2n) is 8.76. The van der Waals surface area contributed by atoms with Gasteiger partial charge in [0.2, 0.25) is 0 Å². The van der Waals surface area contributed by atoms with E-state index in [9.17, 15) is 4.79 Å². The van der Waals surface area contributed by atoms with E-state index < -0.39 is 0 Å². The second kappa shape index (κ2) is 11.3. The molecule has 0 saturated carbocycles. The van der Waals surface area contributed by atoms with Crippen LogP contribution >= 0.6 is 23.1 Å². The van der Waals surface area contributed by atoms with Gasteiger partial charge in [-0.05, 0) is 74.5 Å². The van der Waals surface area contributed by atoms with Crippen LogP contribution in [0.15, 0.2) is 46.8 Å². The molecular formula is C25H32N4OS2. The highest BCUT2D eigenvalue weighted by molar-refractivity contribution is 7.99. The number of thioether (sulfide) groups is 1. The van der Waals surface area contributed by atoms with Crippen LogP contribution in [0.4, 0.5) is 0 Å². The number of nitrogens with one attached hydrogen (secondary N) is 1. The first-order valence-electron chi connectivity index (χ1n) is 11.3. The predicted octanol–water partition coefficient (Wildman–Crippen LogP) is 4.35. The minimum Gasteiger partial charge on any atom is -0.310 e. The number of piperidine rings is 1. The van der Waals surface area contributed by atoms with E-state index in [0.29, 0.717) is 17.9 Å². The van der Waals surface area contributed by atoms with Crippen LogP contribution in [0.25, 0.3) is 0 Å². The number of aromatic nitrogens is 3. The summed E-state index contributed by atoms with van der Waals surface area (Å²) in [6.07, 6.45) is 10.7. The SMILES string of the molecule is CSC1CCN(CC(Cc2ncc(Cc3ccc(C)nc3)c(=O)[nH]2)Cc2cccs2)CC1. The van der Waals surface area contributed by atoms with Crippen molar-refractivity contribution in [3.63, 3.8) is 0 Å². The molecule has 0 spiro atoms. The van der Waals surface area contributed by atoms with E-state index in [-0.39, 0.29) is 5.56 Å². The molecule has 3 aromatic heterocycles. The summed E-state index contributed by atoms with van der Waals surface area (Å²) in [6.45, 7) is 5.35. The van der Waals surface area contributed by atoms with E-state index in [0.717, 1.165) is 41.7 Å². The van der Waals surface area contributed by atoms with Gasteiger partial charge in [0.05, 0.1) is 0 Å². The number of aromatic amines is 1. The van der Waals surface area contributed by atoms with Crippen LogP contribution in [0.2, 0.25) is 0 Å². The lowest BCUT2D eigenvalue weighted by molar-refractivity contribution is 0.196. The van der Waals surface area contributed by atoms with E-state index in [1.165, 1.54) is 30.8 Å². The van der Waals surface area contributed by atoms with Crippen LogP contribution in [0, 0.1) is 12.8 Å². The Morgan fingerprint density at radius 2 is 2.03 bits per heavy atom. The normalized spacial score (nSPS) is 16.3. The molecule has 4 rings (SSSR count). The van der Waals surface area contributed by atoms with Gasteiger partial charge in [-0.2, -0.15) is 11.8 Å². The fourth-order valence-corrected chi connectivity index (χ4v) is 5.89. The van der Waals surface area contributed by atoms with Crippen molar-refractivity contribution in [1.82, 2.24) is 19.9 Å². The molecule has 3 aromatic rings. The number of aryl methyl sites for hydroxylation is 1. The van der Waals surface area contributed by atoms with Crippen molar-refractivity contribution in [3.05, 3.63) is 79.9 Å². The van der Waals surface area contributed by atoms with Crippen LogP contribution in [-0.4, -0.2) is 51.0 Å². The number of hydrogen-bond donors (Lipinski definition) is 1. The molecule has 1 atom stereocenters. The zero-order valence-corrected chi connectivity index (χ0v) is 20.6. The lowest BCUT2D eigenvalue weighted by Gasteiger charge is -2.33. The van der Waals surface area contributed by atoms with Crippen LogP contribution in [-0.2, 0) is 19.3 Å². The summed E-state index contributed by atoms with van der Waals surface area (Å²) in [5, 5.41) is 2.95. The molecule has 1 saturated heterocycles. The maximum Gasteiger partial charge on any atom is 0.254 e. The highest BCUT2D eigenvalue weighted by atomic mass is 32.2. The van der Waals surface area contributed by atoms with Crippen LogP contribution in [0.5, 0.6) is 0 Å². The van der Waals surface area contributed by atoms with Gasteiger partial charge >= 0.3 is 0 Å². The number of pyridine rings is 1. The van der Waals surface area contributed by atoms with E-state index in [2.05, 4.69) is 43.6 Å². The lowest BCUT2D eigenvalue weighted by Crippen LogP contribution is -2.39. The Labute approximate surface area is 198 Å². The third-order valence-corrected chi connectivity index (χ3v) is 8.27. The van der Waals surface area contributed by atoms with E-state index in [1.807, 2.05) is 48.4 Å². The van der Waals surface area contributed by atoms with Crippen LogP contribution < -0.4 is 5.56 Å². The first-order chi connectivity index (χ1) is 15.6. The number of hydrogen-bond acceptors (Lipinski definition) is 6. The second-order valence-corrected chi connectivity index (χ2v) is 10.9. The van der Waals surface area contributed by atoms with Crippen molar-refractivity contribution in [2.75, 3.05) is 25.9 Å². The maximum absolute atomic E-state index is 12.7. The summed E-state index contributed by atoms with van der Waals surface area (Å²) in [4.78, 5) is 28.8. The molecule has 32 heavy (non-hydrogen) atoms. The third kappa shape index (κ3) is 6.53. The van der Waals surface area contributed by atoms with Gasteiger partial charge in [0.1, 0.15) is 5.82 Å². The summed E-state index contributed by atoms with van der Waals surface area (Å²) in [6, 6.07) is 8.33. The van der Waals surface area contributed by atoms with Gasteiger partial charge in [-0.3, -0.25) is 9.78 Å². The molecule has 0 aliphatic carbocycles. The number of thiophene rings is 1. The Morgan fingerprint density at radius 3 is 2.69 bits per heavy atom. The first-order valence-corrected chi connectivity index (χ1v) is 13.5. The number of nitrogens with zero attached hydrogens (tertiary/aromatic N) is 3. The summed E-state index contributed by atoms with van der Waals surface area (Å²) < 4.78 is 0. The standard InChI is InChI=1S/C25H32N4OS2/c1-18-5-6-19(15-26-18)12-21-16-27-24(28-25(21)30)14-20(13-23-4-3-11-32-23)17-29-9-7-22(31-2)8-10-29/h3-6,11,15-16,20,22H,7-10,12-14,17H2,1-2H3,(H,27,28,30). The topological polar surface area (TPSA) is 61.9 Å². The van der Waals surface area contributed by atoms with Gasteiger partial charge in [0.25, 0.3) is 5.56 Å². The van der Waals surface area contributed by atoms with Gasteiger partial charge in [0.15, 0.2) is 0 Å². The summed E-state index contributed by atoms with van der Waals surface area (Å²) >= 11 is 3.81. The monoisotopic (exact) mass is 468 g/mol. The molecule has 1 aliphatic heterocycles. The van der Waals surface area contributed by atoms with Crippen molar-refractivity contribution in [1.29, 1.82) is 0 Å². The molecule has 1 aliphatic rings. The third-order valence-electron chi connectivity index (χ3n) is 6.23. The Balaban J connectivity index is 1.43. The van der Waals surface area contributed by atoms with Gasteiger partial charge in [-0.15, -0.1) is 11.3 Å². The lowest BCUT2D eigenvalue weighted by atomic mass is 9.97. The average molecular weight is 469 g/mol. The van der Waals surface area contributed by atoms with Gasteiger partial charge in [-0.25, -0.2) is 4.98 Å². The van der Waals surface area contributed by atoms with Crippen LogP contribution in [0.1, 0.15) is 40.4 Å². The number of rotatable bonds is 9. The molecule has 1 unspecified atom stereocenters. The molecule has 4 heterocycles. The highest BCUT2D eigenvalue weighted by Gasteiger charge is 2.22. The Kier molecular flexibility index (Phi) is 8.16. The highest BCUT2D eigenvalue weighted by Crippen LogP contribution is 2.24. The first kappa shape index (κ1) is 23.2. The summed E-state index contributed by atoms with van der Waals surface area (Å²) in [5.74, 6) is 1.23. The number of likely N-dealkylation sites (tertiary alicyclic amines) is 1. The zero-order valence-electron chi connectivity index (χ0n) is 18.9. The summed E-state index contributed by atoms with van der Waals surface area (Å²) in [5.41, 5.74) is 2.66. The Hall–Kier alpha value is -1.96. The molecule has 0 amide bonds. The Bertz CT molecular complexity index is 1020. The molecule has 7 heteroatoms. The van der Waals surface area contributed by atoms with Crippen molar-refractivity contribution < 1.29 is 0 Å². The minimum absolute atomic E-state index is 0.0359. The van der Waals surface area contributed by atoms with Crippen molar-refractivity contribution >= 4 is 23.1 Å². The van der Waals surface area contributed by atoms with E-state index in [1.54, 1.807) is 6.20 Å². The zero-order chi connectivity index (χ0) is 22.3. The van der Waals surface area contributed by atoms with Crippen molar-refractivity contribution in [2.45, 2.75) is 44.3 Å². The maximum atomic E-state index is 12.7. The van der Waals surface area contributed by atoms with Gasteiger partial charge in [0, 0.05) is 53.2 Å². The molecule has 170 valence electrons. The van der Waals surface area contributed by atoms with E-state index in [4.69, 9.17) is 0 Å². The molecule has 1 N–H and O–H groups in total. The van der Waals surface area contributed by atoms with Gasteiger partial charge in [-0.1, -0.05) is 12.1 Å². The fraction of sp³-hybridized carbons (Fsp3) is 0.480. The minimum atomic E-state index is -0.0359. The average Bonchev–Trinajstić information content (AvgIpc) is 3.30. The largest absolute Gasteiger partial charge is 0.310 e. The molecular weight excluding hydrogens is 436 g/mol. The molecule has 0 bridgehead atoms. The van der Waals surface area contributed by atoms with Gasteiger partial charge < -0.3 is 9.88 Å². The molecule has 5 nitrogen and oxygen atoms in total. The fourth-order valence-electron chi connectivity index (χ4n) is 4.39. The molecule has 0 aromatic carbocycles. The molecule has 0 radical (unpaired) electrons. The molecule has 1 fully saturated rings. The smallest absolute Gasteiger partial charge is 0.254 e. The summed E-state index contributed by atoms with van der Waals surface area (Å²) in [7, 11) is 0. The quantitative estimate of drug-likeness (QED) is 0.506. The van der Waals surface area contributed by atoms with Crippen molar-refractivity contribution in [2.24, 2.45) is 5.92 Å². The van der Waals surface area contributed by atoms with E-state index >= 15 is 0 Å². The predicted molar refractivity (Wildman–Crippen MR) is 135 cm³/mol. The van der Waals surface area contributed by atoms with Crippen LogP contribution in [0.3, 0.4) is 0 Å². The number of H-pyrrole nitrogens is 1. The Morgan fingerprint density at radius 1 is 1.19 bits per heavy atom.